The molecule has 1 N–H and O–H groups in total. The van der Waals surface area contributed by atoms with Gasteiger partial charge in [-0.3, -0.25) is 9.47 Å². The fraction of sp³-hybridized carbons (Fsp3) is 0.714. The van der Waals surface area contributed by atoms with E-state index in [0.717, 1.165) is 4.57 Å². The van der Waals surface area contributed by atoms with E-state index in [0.29, 0.717) is 32.0 Å². The third-order valence-corrected chi connectivity index (χ3v) is 4.14. The molecule has 3 heterocycles. The first-order chi connectivity index (χ1) is 10.9. The molecule has 0 amide bonds. The van der Waals surface area contributed by atoms with Gasteiger partial charge >= 0.3 is 11.6 Å². The van der Waals surface area contributed by atoms with Crippen LogP contribution in [0.25, 0.3) is 0 Å². The minimum absolute atomic E-state index is 0.157. The molecule has 0 radical (unpaired) electrons. The van der Waals surface area contributed by atoms with Crippen LogP contribution in [0.4, 0.5) is 8.78 Å². The molecular formula is C14H19F2N3O4. The molecule has 0 unspecified atom stereocenters. The second-order valence-corrected chi connectivity index (χ2v) is 5.82. The standard InChI is InChI=1S/C14H19F2N3O4/c1-9-2-3-19(13(21)17-9)12-14(15,16)11(20)10(23-12)8-18-4-6-22-7-5-18/h2-3,10-12,20H,4-8H2,1H3/t10-,11-,12-/m1/s1. The fourth-order valence-electron chi connectivity index (χ4n) is 2.83. The number of aromatic nitrogens is 2. The lowest BCUT2D eigenvalue weighted by molar-refractivity contribution is -0.141. The lowest BCUT2D eigenvalue weighted by atomic mass is 10.1. The number of morpholine rings is 1. The van der Waals surface area contributed by atoms with Gasteiger partial charge < -0.3 is 14.6 Å². The number of aliphatic hydroxyl groups is 1. The quantitative estimate of drug-likeness (QED) is 0.825. The van der Waals surface area contributed by atoms with E-state index in [9.17, 15) is 18.7 Å². The van der Waals surface area contributed by atoms with Gasteiger partial charge in [-0.15, -0.1) is 0 Å². The zero-order valence-corrected chi connectivity index (χ0v) is 12.7. The number of aryl methyl sites for hydroxylation is 1. The fourth-order valence-corrected chi connectivity index (χ4v) is 2.83. The summed E-state index contributed by atoms with van der Waals surface area (Å²) in [7, 11) is 0. The van der Waals surface area contributed by atoms with Crippen molar-refractivity contribution in [3.05, 3.63) is 28.4 Å². The Hall–Kier alpha value is -1.42. The molecule has 9 heteroatoms. The van der Waals surface area contributed by atoms with E-state index in [1.54, 1.807) is 6.92 Å². The molecule has 0 aromatic carbocycles. The third kappa shape index (κ3) is 3.14. The van der Waals surface area contributed by atoms with Crippen LogP contribution in [0.2, 0.25) is 0 Å². The van der Waals surface area contributed by atoms with Crippen LogP contribution in [0, 0.1) is 6.92 Å². The van der Waals surface area contributed by atoms with Gasteiger partial charge in [-0.1, -0.05) is 0 Å². The highest BCUT2D eigenvalue weighted by molar-refractivity contribution is 5.02. The molecule has 2 aliphatic rings. The van der Waals surface area contributed by atoms with Crippen molar-refractivity contribution < 1.29 is 23.4 Å². The summed E-state index contributed by atoms with van der Waals surface area (Å²) in [6.07, 6.45) is -3.71. The summed E-state index contributed by atoms with van der Waals surface area (Å²) in [5.41, 5.74) is -0.396. The lowest BCUT2D eigenvalue weighted by Gasteiger charge is -2.29. The molecule has 2 saturated heterocycles. The first kappa shape index (κ1) is 16.4. The molecule has 23 heavy (non-hydrogen) atoms. The van der Waals surface area contributed by atoms with Gasteiger partial charge in [0, 0.05) is 31.5 Å². The number of nitrogens with zero attached hydrogens (tertiary/aromatic N) is 3. The van der Waals surface area contributed by atoms with Gasteiger partial charge in [0.25, 0.3) is 0 Å². The second-order valence-electron chi connectivity index (χ2n) is 5.82. The van der Waals surface area contributed by atoms with Crippen LogP contribution in [0.3, 0.4) is 0 Å². The molecule has 128 valence electrons. The van der Waals surface area contributed by atoms with E-state index in [4.69, 9.17) is 9.47 Å². The minimum Gasteiger partial charge on any atom is -0.384 e. The minimum atomic E-state index is -3.57. The van der Waals surface area contributed by atoms with Gasteiger partial charge in [0.05, 0.1) is 13.2 Å². The predicted octanol–water partition coefficient (Wildman–Crippen LogP) is -0.222. The van der Waals surface area contributed by atoms with Gasteiger partial charge in [0.15, 0.2) is 0 Å². The predicted molar refractivity (Wildman–Crippen MR) is 75.4 cm³/mol. The summed E-state index contributed by atoms with van der Waals surface area (Å²) in [4.78, 5) is 17.4. The number of rotatable bonds is 3. The maximum Gasteiger partial charge on any atom is 0.350 e. The topological polar surface area (TPSA) is 76.8 Å². The molecule has 0 spiro atoms. The molecule has 2 aliphatic heterocycles. The van der Waals surface area contributed by atoms with Gasteiger partial charge in [-0.05, 0) is 13.0 Å². The average Bonchev–Trinajstić information content (AvgIpc) is 2.72. The van der Waals surface area contributed by atoms with Crippen molar-refractivity contribution in [1.29, 1.82) is 0 Å². The molecule has 3 atom stereocenters. The van der Waals surface area contributed by atoms with E-state index in [1.807, 2.05) is 4.90 Å². The Kier molecular flexibility index (Phi) is 4.45. The summed E-state index contributed by atoms with van der Waals surface area (Å²) < 4.78 is 40.0. The SMILES string of the molecule is Cc1ccn([C@@H]2O[C@H](CN3CCOCC3)[C@@H](O)C2(F)F)c(=O)n1. The van der Waals surface area contributed by atoms with Crippen molar-refractivity contribution in [3.8, 4) is 0 Å². The van der Waals surface area contributed by atoms with Gasteiger partial charge in [0.1, 0.15) is 12.2 Å². The van der Waals surface area contributed by atoms with Crippen LogP contribution in [-0.2, 0) is 9.47 Å². The van der Waals surface area contributed by atoms with Gasteiger partial charge in [-0.2, -0.15) is 13.8 Å². The second kappa shape index (κ2) is 6.23. The largest absolute Gasteiger partial charge is 0.384 e. The molecule has 7 nitrogen and oxygen atoms in total. The normalized spacial score (nSPS) is 31.4. The van der Waals surface area contributed by atoms with Crippen LogP contribution < -0.4 is 5.69 Å². The van der Waals surface area contributed by atoms with Crippen molar-refractivity contribution in [2.75, 3.05) is 32.8 Å². The van der Waals surface area contributed by atoms with Crippen LogP contribution in [-0.4, -0.2) is 70.5 Å². The summed E-state index contributed by atoms with van der Waals surface area (Å²) >= 11 is 0. The number of hydrogen-bond acceptors (Lipinski definition) is 6. The van der Waals surface area contributed by atoms with Crippen LogP contribution in [0.5, 0.6) is 0 Å². The Morgan fingerprint density at radius 2 is 2.13 bits per heavy atom. The van der Waals surface area contributed by atoms with Gasteiger partial charge in [-0.25, -0.2) is 4.79 Å². The Morgan fingerprint density at radius 1 is 1.43 bits per heavy atom. The lowest BCUT2D eigenvalue weighted by Crippen LogP contribution is -2.46. The van der Waals surface area contributed by atoms with Crippen LogP contribution in [0.15, 0.2) is 17.1 Å². The van der Waals surface area contributed by atoms with E-state index >= 15 is 0 Å². The zero-order chi connectivity index (χ0) is 16.6. The van der Waals surface area contributed by atoms with Crippen molar-refractivity contribution in [3.63, 3.8) is 0 Å². The number of hydrogen-bond donors (Lipinski definition) is 1. The first-order valence-electron chi connectivity index (χ1n) is 7.47. The molecule has 0 aliphatic carbocycles. The summed E-state index contributed by atoms with van der Waals surface area (Å²) in [6.45, 7) is 3.97. The van der Waals surface area contributed by atoms with Crippen molar-refractivity contribution in [2.24, 2.45) is 0 Å². The van der Waals surface area contributed by atoms with Crippen molar-refractivity contribution in [2.45, 2.75) is 31.3 Å². The molecule has 1 aromatic heterocycles. The molecule has 0 saturated carbocycles. The van der Waals surface area contributed by atoms with Crippen molar-refractivity contribution in [1.82, 2.24) is 14.5 Å². The van der Waals surface area contributed by atoms with E-state index in [2.05, 4.69) is 4.98 Å². The average molecular weight is 331 g/mol. The highest BCUT2D eigenvalue weighted by Crippen LogP contribution is 2.42. The van der Waals surface area contributed by atoms with E-state index < -0.39 is 30.0 Å². The third-order valence-electron chi connectivity index (χ3n) is 4.14. The Balaban J connectivity index is 1.80. The Morgan fingerprint density at radius 3 is 2.78 bits per heavy atom. The summed E-state index contributed by atoms with van der Waals surface area (Å²) in [5.74, 6) is -3.57. The molecule has 0 bridgehead atoms. The number of aliphatic hydroxyl groups excluding tert-OH is 1. The molecule has 3 rings (SSSR count). The number of alkyl halides is 2. The smallest absolute Gasteiger partial charge is 0.350 e. The van der Waals surface area contributed by atoms with Crippen molar-refractivity contribution >= 4 is 0 Å². The highest BCUT2D eigenvalue weighted by atomic mass is 19.3. The zero-order valence-electron chi connectivity index (χ0n) is 12.7. The van der Waals surface area contributed by atoms with Crippen LogP contribution >= 0.6 is 0 Å². The summed E-state index contributed by atoms with van der Waals surface area (Å²) in [6, 6.07) is 1.45. The molecular weight excluding hydrogens is 312 g/mol. The summed E-state index contributed by atoms with van der Waals surface area (Å²) in [5, 5.41) is 9.96. The Labute approximate surface area is 131 Å². The molecule has 2 fully saturated rings. The maximum absolute atomic E-state index is 14.4. The van der Waals surface area contributed by atoms with Gasteiger partial charge in [0.2, 0.25) is 6.23 Å². The number of halogens is 2. The highest BCUT2D eigenvalue weighted by Gasteiger charge is 2.59. The van der Waals surface area contributed by atoms with E-state index in [1.165, 1.54) is 12.3 Å². The van der Waals surface area contributed by atoms with Crippen LogP contribution in [0.1, 0.15) is 11.9 Å². The first-order valence-corrected chi connectivity index (χ1v) is 7.47. The Bertz CT molecular complexity index is 618. The maximum atomic E-state index is 14.4. The monoisotopic (exact) mass is 331 g/mol. The van der Waals surface area contributed by atoms with E-state index in [-0.39, 0.29) is 6.54 Å². The molecule has 1 aromatic rings. The number of ether oxygens (including phenoxy) is 2.